The molecule has 36 valence electrons. The van der Waals surface area contributed by atoms with Gasteiger partial charge in [-0.3, -0.25) is 4.79 Å². The molecule has 0 saturated heterocycles. The Morgan fingerprint density at radius 2 is 2.29 bits per heavy atom. The molecule has 0 aliphatic heterocycles. The van der Waals surface area contributed by atoms with Crippen molar-refractivity contribution in [1.29, 1.82) is 0 Å². The molecule has 1 aliphatic carbocycles. The van der Waals surface area contributed by atoms with Gasteiger partial charge in [-0.2, -0.15) is 0 Å². The number of allylic oxidation sites excluding steroid dienone is 4. The van der Waals surface area contributed by atoms with Gasteiger partial charge in [0.15, 0.2) is 0 Å². The van der Waals surface area contributed by atoms with E-state index in [9.17, 15) is 4.79 Å². The first-order valence-corrected chi connectivity index (χ1v) is 2.27. The van der Waals surface area contributed by atoms with Crippen molar-refractivity contribution >= 4 is 16.8 Å². The van der Waals surface area contributed by atoms with Gasteiger partial charge in [-0.15, -0.1) is 0 Å². The molecule has 1 nitrogen and oxygen atoms in total. The fourth-order valence-corrected chi connectivity index (χ4v) is 0.449. The van der Waals surface area contributed by atoms with E-state index in [2.05, 4.69) is 0 Å². The monoisotopic (exact) mass is 114 g/mol. The van der Waals surface area contributed by atoms with Gasteiger partial charge in [0.2, 0.25) is 0 Å². The van der Waals surface area contributed by atoms with E-state index in [-0.39, 0.29) is 5.24 Å². The highest BCUT2D eigenvalue weighted by molar-refractivity contribution is 6.68. The molecule has 1 rings (SSSR count). The van der Waals surface area contributed by atoms with E-state index in [1.807, 2.05) is 0 Å². The molecule has 0 saturated carbocycles. The normalized spacial score (nSPS) is 15.3. The molecule has 0 heterocycles. The lowest BCUT2D eigenvalue weighted by molar-refractivity contribution is -0.108. The molecule has 0 unspecified atom stereocenters. The molecule has 0 aromatic carbocycles. The molecule has 0 amide bonds. The van der Waals surface area contributed by atoms with Crippen molar-refractivity contribution in [2.75, 3.05) is 0 Å². The second-order valence-corrected chi connectivity index (χ2v) is 1.60. The van der Waals surface area contributed by atoms with Crippen molar-refractivity contribution in [2.45, 2.75) is 0 Å². The molecular formula is C5H3ClO. The maximum absolute atomic E-state index is 10.1. The molecule has 0 bridgehead atoms. The van der Waals surface area contributed by atoms with Gasteiger partial charge in [0.1, 0.15) is 0 Å². The maximum Gasteiger partial charge on any atom is 0.252 e. The SMILES string of the molecule is O=C(Cl)C1=CC=C1. The lowest BCUT2D eigenvalue weighted by Gasteiger charge is -1.96. The molecule has 0 aromatic rings. The van der Waals surface area contributed by atoms with E-state index in [1.54, 1.807) is 18.2 Å². The van der Waals surface area contributed by atoms with Crippen molar-refractivity contribution in [1.82, 2.24) is 0 Å². The highest BCUT2D eigenvalue weighted by Crippen LogP contribution is 2.09. The van der Waals surface area contributed by atoms with Gasteiger partial charge in [0.05, 0.1) is 0 Å². The Morgan fingerprint density at radius 3 is 2.29 bits per heavy atom. The lowest BCUT2D eigenvalue weighted by Crippen LogP contribution is -1.92. The van der Waals surface area contributed by atoms with Crippen LogP contribution in [0, 0.1) is 0 Å². The Bertz CT molecular complexity index is 155. The number of hydrogen-bond donors (Lipinski definition) is 0. The first-order chi connectivity index (χ1) is 3.30. The number of carbonyl (C=O) groups is 1. The van der Waals surface area contributed by atoms with Gasteiger partial charge >= 0.3 is 0 Å². The number of rotatable bonds is 1. The summed E-state index contributed by atoms with van der Waals surface area (Å²) >= 11 is 5.02. The Balaban J connectivity index is 2.60. The van der Waals surface area contributed by atoms with Crippen LogP contribution < -0.4 is 0 Å². The van der Waals surface area contributed by atoms with E-state index in [4.69, 9.17) is 11.6 Å². The summed E-state index contributed by atoms with van der Waals surface area (Å²) in [6, 6.07) is 0. The Kier molecular flexibility index (Phi) is 0.988. The summed E-state index contributed by atoms with van der Waals surface area (Å²) in [4.78, 5) is 10.1. The Morgan fingerprint density at radius 1 is 1.71 bits per heavy atom. The minimum atomic E-state index is -0.373. The zero-order chi connectivity index (χ0) is 5.28. The third kappa shape index (κ3) is 0.722. The summed E-state index contributed by atoms with van der Waals surface area (Å²) < 4.78 is 0. The average molecular weight is 115 g/mol. The van der Waals surface area contributed by atoms with Crippen LogP contribution in [0.4, 0.5) is 0 Å². The van der Waals surface area contributed by atoms with E-state index >= 15 is 0 Å². The zero-order valence-electron chi connectivity index (χ0n) is 3.52. The van der Waals surface area contributed by atoms with Crippen molar-refractivity contribution < 1.29 is 4.79 Å². The predicted molar refractivity (Wildman–Crippen MR) is 28.1 cm³/mol. The quantitative estimate of drug-likeness (QED) is 0.469. The average Bonchev–Trinajstić information content (AvgIpc) is 1.23. The molecular weight excluding hydrogens is 112 g/mol. The molecule has 2 heteroatoms. The highest BCUT2D eigenvalue weighted by atomic mass is 35.5. The lowest BCUT2D eigenvalue weighted by atomic mass is 10.1. The topological polar surface area (TPSA) is 17.1 Å². The zero-order valence-corrected chi connectivity index (χ0v) is 4.27. The standard InChI is InChI=1S/C5H3ClO/c6-5(7)4-2-1-3-4/h1-3H. The summed E-state index contributed by atoms with van der Waals surface area (Å²) in [5, 5.41) is -0.373. The fraction of sp³-hybridized carbons (Fsp3) is 0. The predicted octanol–water partition coefficient (Wildman–Crippen LogP) is 1.25. The van der Waals surface area contributed by atoms with Crippen LogP contribution in [0.25, 0.3) is 0 Å². The summed E-state index contributed by atoms with van der Waals surface area (Å²) in [6.45, 7) is 0. The summed E-state index contributed by atoms with van der Waals surface area (Å²) in [7, 11) is 0. The number of halogens is 1. The number of hydrogen-bond acceptors (Lipinski definition) is 1. The van der Waals surface area contributed by atoms with Crippen molar-refractivity contribution in [2.24, 2.45) is 0 Å². The second kappa shape index (κ2) is 1.51. The van der Waals surface area contributed by atoms with Crippen LogP contribution in [0.2, 0.25) is 0 Å². The van der Waals surface area contributed by atoms with Crippen molar-refractivity contribution in [3.05, 3.63) is 23.8 Å². The largest absolute Gasteiger partial charge is 0.276 e. The molecule has 0 spiro atoms. The van der Waals surface area contributed by atoms with E-state index < -0.39 is 0 Å². The van der Waals surface area contributed by atoms with E-state index in [0.717, 1.165) is 0 Å². The molecule has 1 aliphatic rings. The molecule has 0 atom stereocenters. The second-order valence-electron chi connectivity index (χ2n) is 1.25. The van der Waals surface area contributed by atoms with E-state index in [0.29, 0.717) is 5.57 Å². The molecule has 0 fully saturated rings. The molecule has 7 heavy (non-hydrogen) atoms. The van der Waals surface area contributed by atoms with Crippen LogP contribution in [-0.2, 0) is 4.79 Å². The molecule has 0 aromatic heterocycles. The third-order valence-corrected chi connectivity index (χ3v) is 0.997. The van der Waals surface area contributed by atoms with Gasteiger partial charge in [-0.1, -0.05) is 18.2 Å². The summed E-state index contributed by atoms with van der Waals surface area (Å²) in [6.07, 6.45) is 5.13. The molecule has 0 radical (unpaired) electrons. The Hall–Kier alpha value is -0.560. The van der Waals surface area contributed by atoms with Crippen LogP contribution in [0.5, 0.6) is 0 Å². The first kappa shape index (κ1) is 4.60. The van der Waals surface area contributed by atoms with Crippen molar-refractivity contribution in [3.63, 3.8) is 0 Å². The third-order valence-electron chi connectivity index (χ3n) is 0.779. The van der Waals surface area contributed by atoms with Crippen LogP contribution in [0.3, 0.4) is 0 Å². The van der Waals surface area contributed by atoms with Crippen LogP contribution in [-0.4, -0.2) is 5.24 Å². The summed E-state index contributed by atoms with van der Waals surface area (Å²) in [5.74, 6) is 0. The Labute approximate surface area is 46.3 Å². The molecule has 0 N–H and O–H groups in total. The van der Waals surface area contributed by atoms with Gasteiger partial charge in [0.25, 0.3) is 5.24 Å². The highest BCUT2D eigenvalue weighted by Gasteiger charge is 2.03. The fourth-order valence-electron chi connectivity index (χ4n) is 0.323. The van der Waals surface area contributed by atoms with Crippen LogP contribution >= 0.6 is 11.6 Å². The van der Waals surface area contributed by atoms with Gasteiger partial charge in [0, 0.05) is 5.57 Å². The van der Waals surface area contributed by atoms with Crippen LogP contribution in [0.15, 0.2) is 23.8 Å². The number of carbonyl (C=O) groups excluding carboxylic acids is 1. The van der Waals surface area contributed by atoms with Gasteiger partial charge in [-0.25, -0.2) is 0 Å². The van der Waals surface area contributed by atoms with Gasteiger partial charge < -0.3 is 0 Å². The minimum absolute atomic E-state index is 0.373. The summed E-state index contributed by atoms with van der Waals surface area (Å²) in [5.41, 5.74) is 0.599. The smallest absolute Gasteiger partial charge is 0.252 e. The van der Waals surface area contributed by atoms with Crippen molar-refractivity contribution in [3.8, 4) is 0 Å². The van der Waals surface area contributed by atoms with E-state index in [1.165, 1.54) is 0 Å². The first-order valence-electron chi connectivity index (χ1n) is 1.89. The van der Waals surface area contributed by atoms with Gasteiger partial charge in [-0.05, 0) is 11.6 Å². The maximum atomic E-state index is 10.1. The van der Waals surface area contributed by atoms with Crippen LogP contribution in [0.1, 0.15) is 0 Å². The minimum Gasteiger partial charge on any atom is -0.276 e.